The third-order valence-electron chi connectivity index (χ3n) is 4.66. The highest BCUT2D eigenvalue weighted by molar-refractivity contribution is 5.25. The Morgan fingerprint density at radius 3 is 2.68 bits per heavy atom. The smallest absolute Gasteiger partial charge is 0.0237 e. The number of nitrogens with zero attached hydrogens (tertiary/aromatic N) is 1. The molecule has 3 rings (SSSR count). The predicted octanol–water partition coefficient (Wildman–Crippen LogP) is 2.94. The monoisotopic (exact) mass is 258 g/mol. The maximum absolute atomic E-state index is 6.26. The van der Waals surface area contributed by atoms with Crippen LogP contribution in [0.5, 0.6) is 0 Å². The topological polar surface area (TPSA) is 29.3 Å². The van der Waals surface area contributed by atoms with Crippen LogP contribution >= 0.6 is 0 Å². The van der Waals surface area contributed by atoms with E-state index < -0.39 is 0 Å². The van der Waals surface area contributed by atoms with E-state index in [0.717, 1.165) is 24.9 Å². The number of hydrogen-bond acceptors (Lipinski definition) is 2. The molecule has 2 N–H and O–H groups in total. The molecule has 2 atom stereocenters. The second kappa shape index (κ2) is 5.64. The van der Waals surface area contributed by atoms with Gasteiger partial charge >= 0.3 is 0 Å². The molecule has 104 valence electrons. The highest BCUT2D eigenvalue weighted by Gasteiger charge is 2.30. The van der Waals surface area contributed by atoms with E-state index in [1.54, 1.807) is 0 Å². The van der Waals surface area contributed by atoms with Crippen LogP contribution in [0.4, 0.5) is 0 Å². The molecule has 0 aromatic heterocycles. The van der Waals surface area contributed by atoms with Crippen molar-refractivity contribution in [3.8, 4) is 0 Å². The zero-order chi connectivity index (χ0) is 13.2. The second-order valence-corrected chi connectivity index (χ2v) is 6.66. The summed E-state index contributed by atoms with van der Waals surface area (Å²) in [5.74, 6) is 1.86. The lowest BCUT2D eigenvalue weighted by molar-refractivity contribution is 0.141. The molecule has 0 bridgehead atoms. The van der Waals surface area contributed by atoms with Gasteiger partial charge in [-0.1, -0.05) is 37.1 Å². The first-order chi connectivity index (χ1) is 9.20. The Kier molecular flexibility index (Phi) is 3.90. The molecule has 1 aromatic carbocycles. The van der Waals surface area contributed by atoms with Gasteiger partial charge in [0.1, 0.15) is 0 Å². The van der Waals surface area contributed by atoms with E-state index in [1.165, 1.54) is 43.4 Å². The molecule has 1 aliphatic heterocycles. The Balaban J connectivity index is 1.61. The van der Waals surface area contributed by atoms with Crippen molar-refractivity contribution in [3.63, 3.8) is 0 Å². The Morgan fingerprint density at radius 2 is 1.95 bits per heavy atom. The van der Waals surface area contributed by atoms with Gasteiger partial charge in [0.15, 0.2) is 0 Å². The normalized spacial score (nSPS) is 28.5. The van der Waals surface area contributed by atoms with Crippen LogP contribution in [0.25, 0.3) is 0 Å². The van der Waals surface area contributed by atoms with Crippen LogP contribution in [0.15, 0.2) is 24.3 Å². The number of piperidine rings is 1. The van der Waals surface area contributed by atoms with Crippen LogP contribution in [0.3, 0.4) is 0 Å². The minimum absolute atomic E-state index is 0.376. The summed E-state index contributed by atoms with van der Waals surface area (Å²) < 4.78 is 0. The molecule has 19 heavy (non-hydrogen) atoms. The van der Waals surface area contributed by atoms with Gasteiger partial charge in [0.2, 0.25) is 0 Å². The molecule has 1 saturated carbocycles. The summed E-state index contributed by atoms with van der Waals surface area (Å²) >= 11 is 0. The van der Waals surface area contributed by atoms with Gasteiger partial charge in [-0.15, -0.1) is 0 Å². The largest absolute Gasteiger partial charge is 0.327 e. The lowest BCUT2D eigenvalue weighted by Crippen LogP contribution is -2.46. The summed E-state index contributed by atoms with van der Waals surface area (Å²) in [6.45, 7) is 5.59. The highest BCUT2D eigenvalue weighted by atomic mass is 15.1. The fourth-order valence-corrected chi connectivity index (χ4v) is 3.50. The summed E-state index contributed by atoms with van der Waals surface area (Å²) in [5.41, 5.74) is 9.12. The number of aryl methyl sites for hydroxylation is 1. The molecule has 2 heteroatoms. The first-order valence-electron chi connectivity index (χ1n) is 7.73. The van der Waals surface area contributed by atoms with Crippen molar-refractivity contribution >= 4 is 0 Å². The lowest BCUT2D eigenvalue weighted by atomic mass is 9.90. The summed E-state index contributed by atoms with van der Waals surface area (Å²) in [6, 6.07) is 9.11. The van der Waals surface area contributed by atoms with Crippen molar-refractivity contribution in [1.29, 1.82) is 0 Å². The van der Waals surface area contributed by atoms with Gasteiger partial charge in [0.25, 0.3) is 0 Å². The van der Waals surface area contributed by atoms with E-state index in [-0.39, 0.29) is 0 Å². The van der Waals surface area contributed by atoms with Crippen LogP contribution in [-0.4, -0.2) is 24.0 Å². The van der Waals surface area contributed by atoms with Crippen molar-refractivity contribution in [3.05, 3.63) is 35.4 Å². The average Bonchev–Trinajstić information content (AvgIpc) is 3.15. The molecular weight excluding hydrogens is 232 g/mol. The Hall–Kier alpha value is -0.860. The second-order valence-electron chi connectivity index (χ2n) is 6.66. The molecule has 1 aromatic rings. The minimum atomic E-state index is 0.376. The van der Waals surface area contributed by atoms with E-state index in [1.807, 2.05) is 0 Å². The predicted molar refractivity (Wildman–Crippen MR) is 79.9 cm³/mol. The highest BCUT2D eigenvalue weighted by Crippen LogP contribution is 2.37. The van der Waals surface area contributed by atoms with E-state index in [2.05, 4.69) is 36.1 Å². The van der Waals surface area contributed by atoms with E-state index >= 15 is 0 Å². The molecule has 2 aliphatic rings. The van der Waals surface area contributed by atoms with Gasteiger partial charge in [-0.25, -0.2) is 0 Å². The quantitative estimate of drug-likeness (QED) is 0.899. The van der Waals surface area contributed by atoms with Crippen LogP contribution in [0.1, 0.15) is 36.8 Å². The maximum atomic E-state index is 6.26. The van der Waals surface area contributed by atoms with E-state index in [0.29, 0.717) is 6.04 Å². The third-order valence-corrected chi connectivity index (χ3v) is 4.66. The van der Waals surface area contributed by atoms with Crippen molar-refractivity contribution in [2.45, 2.75) is 45.2 Å². The number of nitrogens with two attached hydrogens (primary N) is 1. The van der Waals surface area contributed by atoms with E-state index in [9.17, 15) is 0 Å². The average molecular weight is 258 g/mol. The molecule has 0 amide bonds. The fraction of sp³-hybridized carbons (Fsp3) is 0.647. The zero-order valence-electron chi connectivity index (χ0n) is 12.0. The number of hydrogen-bond donors (Lipinski definition) is 1. The van der Waals surface area contributed by atoms with Crippen LogP contribution in [0, 0.1) is 18.8 Å². The van der Waals surface area contributed by atoms with Crippen LogP contribution < -0.4 is 5.73 Å². The molecular formula is C17H26N2. The Labute approximate surface area is 117 Å². The first kappa shape index (κ1) is 13.1. The molecule has 2 fully saturated rings. The van der Waals surface area contributed by atoms with Gasteiger partial charge < -0.3 is 5.73 Å². The SMILES string of the molecule is Cc1ccccc1CN1CC(N)CC(CC2CC2)C1. The summed E-state index contributed by atoms with van der Waals surface area (Å²) in [6.07, 6.45) is 5.58. The maximum Gasteiger partial charge on any atom is 0.0237 e. The third kappa shape index (κ3) is 3.58. The van der Waals surface area contributed by atoms with Crippen LogP contribution in [-0.2, 0) is 6.54 Å². The first-order valence-corrected chi connectivity index (χ1v) is 7.73. The van der Waals surface area contributed by atoms with Gasteiger partial charge in [-0.2, -0.15) is 0 Å². The molecule has 0 spiro atoms. The molecule has 1 aliphatic carbocycles. The lowest BCUT2D eigenvalue weighted by Gasteiger charge is -2.36. The van der Waals surface area contributed by atoms with Crippen molar-refractivity contribution in [2.24, 2.45) is 17.6 Å². The Morgan fingerprint density at radius 1 is 1.16 bits per heavy atom. The molecule has 1 heterocycles. The summed E-state index contributed by atoms with van der Waals surface area (Å²) in [5, 5.41) is 0. The summed E-state index contributed by atoms with van der Waals surface area (Å²) in [4.78, 5) is 2.57. The molecule has 1 saturated heterocycles. The fourth-order valence-electron chi connectivity index (χ4n) is 3.50. The van der Waals surface area contributed by atoms with Gasteiger partial charge in [0, 0.05) is 25.7 Å². The number of benzene rings is 1. The number of rotatable bonds is 4. The van der Waals surface area contributed by atoms with Crippen molar-refractivity contribution in [2.75, 3.05) is 13.1 Å². The van der Waals surface area contributed by atoms with Gasteiger partial charge in [-0.05, 0) is 42.7 Å². The molecule has 2 nitrogen and oxygen atoms in total. The van der Waals surface area contributed by atoms with Gasteiger partial charge in [0.05, 0.1) is 0 Å². The van der Waals surface area contributed by atoms with Crippen molar-refractivity contribution < 1.29 is 0 Å². The Bertz CT molecular complexity index is 423. The minimum Gasteiger partial charge on any atom is -0.327 e. The van der Waals surface area contributed by atoms with Gasteiger partial charge in [-0.3, -0.25) is 4.90 Å². The molecule has 0 radical (unpaired) electrons. The van der Waals surface area contributed by atoms with Crippen LogP contribution in [0.2, 0.25) is 0 Å². The van der Waals surface area contributed by atoms with Crippen molar-refractivity contribution in [1.82, 2.24) is 4.90 Å². The number of likely N-dealkylation sites (tertiary alicyclic amines) is 1. The van der Waals surface area contributed by atoms with E-state index in [4.69, 9.17) is 5.73 Å². The summed E-state index contributed by atoms with van der Waals surface area (Å²) in [7, 11) is 0. The molecule has 2 unspecified atom stereocenters. The zero-order valence-corrected chi connectivity index (χ0v) is 12.0. The standard InChI is InChI=1S/C17H26N2/c1-13-4-2-3-5-16(13)11-19-10-15(8-14-6-7-14)9-17(18)12-19/h2-5,14-15,17H,6-12,18H2,1H3.